The smallest absolute Gasteiger partial charge is 0.282 e. The van der Waals surface area contributed by atoms with Crippen molar-refractivity contribution in [1.82, 2.24) is 0 Å². The average molecular weight is 203 g/mol. The minimum atomic E-state index is -4.32. The van der Waals surface area contributed by atoms with E-state index in [1.807, 2.05) is 0 Å². The molecule has 4 heteroatoms. The predicted molar refractivity (Wildman–Crippen MR) is 50.1 cm³/mol. The second-order valence-electron chi connectivity index (χ2n) is 3.27. The second-order valence-corrected chi connectivity index (χ2v) is 3.27. The van der Waals surface area contributed by atoms with Gasteiger partial charge in [-0.1, -0.05) is 18.2 Å². The fourth-order valence-electron chi connectivity index (χ4n) is 1.33. The van der Waals surface area contributed by atoms with Crippen LogP contribution in [0.5, 0.6) is 0 Å². The molecular formula is C10H12F3N. The van der Waals surface area contributed by atoms with Crippen molar-refractivity contribution in [2.75, 3.05) is 4.90 Å². The Labute approximate surface area is 81.1 Å². The van der Waals surface area contributed by atoms with E-state index in [9.17, 15) is 13.2 Å². The van der Waals surface area contributed by atoms with E-state index < -0.39 is 12.3 Å². The lowest BCUT2D eigenvalue weighted by atomic mass is 10.2. The van der Waals surface area contributed by atoms with Crippen LogP contribution in [0, 0.1) is 0 Å². The SMILES string of the molecule is CC(C)N(c1ccccc1)C(F)(F)F. The van der Waals surface area contributed by atoms with Crippen molar-refractivity contribution < 1.29 is 13.2 Å². The van der Waals surface area contributed by atoms with Crippen molar-refractivity contribution in [1.29, 1.82) is 0 Å². The Kier molecular flexibility index (Phi) is 3.03. The van der Waals surface area contributed by atoms with Crippen LogP contribution in [-0.2, 0) is 0 Å². The maximum Gasteiger partial charge on any atom is 0.485 e. The third kappa shape index (κ3) is 2.40. The van der Waals surface area contributed by atoms with Crippen LogP contribution >= 0.6 is 0 Å². The minimum absolute atomic E-state index is 0.176. The molecule has 0 atom stereocenters. The van der Waals surface area contributed by atoms with Gasteiger partial charge in [0, 0.05) is 11.7 Å². The zero-order valence-corrected chi connectivity index (χ0v) is 8.05. The third-order valence-electron chi connectivity index (χ3n) is 1.82. The number of rotatable bonds is 2. The van der Waals surface area contributed by atoms with Gasteiger partial charge in [0.25, 0.3) is 0 Å². The number of para-hydroxylation sites is 1. The van der Waals surface area contributed by atoms with E-state index in [1.165, 1.54) is 26.0 Å². The van der Waals surface area contributed by atoms with E-state index in [1.54, 1.807) is 18.2 Å². The lowest BCUT2D eigenvalue weighted by Crippen LogP contribution is -2.43. The molecule has 1 nitrogen and oxygen atoms in total. The quantitative estimate of drug-likeness (QED) is 0.665. The molecule has 14 heavy (non-hydrogen) atoms. The Morgan fingerprint density at radius 2 is 1.57 bits per heavy atom. The van der Waals surface area contributed by atoms with Gasteiger partial charge in [-0.05, 0) is 26.0 Å². The van der Waals surface area contributed by atoms with Crippen LogP contribution < -0.4 is 4.90 Å². The summed E-state index contributed by atoms with van der Waals surface area (Å²) in [6.07, 6.45) is -4.32. The summed E-state index contributed by atoms with van der Waals surface area (Å²) in [5.41, 5.74) is 0.176. The van der Waals surface area contributed by atoms with Gasteiger partial charge in [-0.15, -0.1) is 0 Å². The molecule has 0 amide bonds. The zero-order chi connectivity index (χ0) is 10.8. The van der Waals surface area contributed by atoms with Crippen molar-refractivity contribution in [3.63, 3.8) is 0 Å². The van der Waals surface area contributed by atoms with Gasteiger partial charge in [-0.2, -0.15) is 13.2 Å². The Hall–Kier alpha value is -1.19. The summed E-state index contributed by atoms with van der Waals surface area (Å²) < 4.78 is 37.7. The normalized spacial score (nSPS) is 11.9. The first kappa shape index (κ1) is 10.9. The van der Waals surface area contributed by atoms with Crippen LogP contribution in [0.25, 0.3) is 0 Å². The monoisotopic (exact) mass is 203 g/mol. The van der Waals surface area contributed by atoms with Crippen molar-refractivity contribution in [2.24, 2.45) is 0 Å². The zero-order valence-electron chi connectivity index (χ0n) is 8.05. The van der Waals surface area contributed by atoms with Gasteiger partial charge in [0.2, 0.25) is 0 Å². The molecule has 0 saturated heterocycles. The predicted octanol–water partition coefficient (Wildman–Crippen LogP) is 3.42. The van der Waals surface area contributed by atoms with Gasteiger partial charge >= 0.3 is 6.30 Å². The van der Waals surface area contributed by atoms with Gasteiger partial charge in [0.15, 0.2) is 0 Å². The fourth-order valence-corrected chi connectivity index (χ4v) is 1.33. The number of benzene rings is 1. The van der Waals surface area contributed by atoms with Gasteiger partial charge in [-0.25, -0.2) is 0 Å². The van der Waals surface area contributed by atoms with Crippen LogP contribution in [0.1, 0.15) is 13.8 Å². The Bertz CT molecular complexity index is 279. The minimum Gasteiger partial charge on any atom is -0.282 e. The summed E-state index contributed by atoms with van der Waals surface area (Å²) in [4.78, 5) is 0.438. The van der Waals surface area contributed by atoms with Crippen LogP contribution in [0.3, 0.4) is 0 Å². The molecule has 0 unspecified atom stereocenters. The van der Waals surface area contributed by atoms with Gasteiger partial charge in [0.1, 0.15) is 0 Å². The highest BCUT2D eigenvalue weighted by molar-refractivity contribution is 5.47. The van der Waals surface area contributed by atoms with E-state index >= 15 is 0 Å². The van der Waals surface area contributed by atoms with E-state index in [0.717, 1.165) is 0 Å². The third-order valence-corrected chi connectivity index (χ3v) is 1.82. The van der Waals surface area contributed by atoms with E-state index in [-0.39, 0.29) is 5.69 Å². The molecule has 0 N–H and O–H groups in total. The summed E-state index contributed by atoms with van der Waals surface area (Å²) in [7, 11) is 0. The van der Waals surface area contributed by atoms with E-state index in [0.29, 0.717) is 4.90 Å². The molecule has 0 spiro atoms. The molecule has 0 saturated carbocycles. The molecule has 78 valence electrons. The van der Waals surface area contributed by atoms with Crippen molar-refractivity contribution in [2.45, 2.75) is 26.2 Å². The van der Waals surface area contributed by atoms with Crippen molar-refractivity contribution in [3.8, 4) is 0 Å². The molecule has 0 aliphatic heterocycles. The fraction of sp³-hybridized carbons (Fsp3) is 0.400. The molecule has 0 fully saturated rings. The van der Waals surface area contributed by atoms with Gasteiger partial charge < -0.3 is 0 Å². The van der Waals surface area contributed by atoms with Gasteiger partial charge in [-0.3, -0.25) is 4.90 Å². The molecule has 0 aliphatic rings. The summed E-state index contributed by atoms with van der Waals surface area (Å²) >= 11 is 0. The second kappa shape index (κ2) is 3.90. The molecule has 0 bridgehead atoms. The van der Waals surface area contributed by atoms with Crippen molar-refractivity contribution >= 4 is 5.69 Å². The van der Waals surface area contributed by atoms with Crippen LogP contribution in [0.4, 0.5) is 18.9 Å². The molecule has 0 radical (unpaired) electrons. The Morgan fingerprint density at radius 3 is 1.93 bits per heavy atom. The summed E-state index contributed by atoms with van der Waals surface area (Å²) in [5.74, 6) is 0. The largest absolute Gasteiger partial charge is 0.485 e. The molecule has 1 aromatic carbocycles. The lowest BCUT2D eigenvalue weighted by Gasteiger charge is -2.30. The number of hydrogen-bond acceptors (Lipinski definition) is 1. The first-order valence-corrected chi connectivity index (χ1v) is 4.34. The van der Waals surface area contributed by atoms with Crippen molar-refractivity contribution in [3.05, 3.63) is 30.3 Å². The first-order chi connectivity index (χ1) is 6.43. The Morgan fingerprint density at radius 1 is 1.07 bits per heavy atom. The van der Waals surface area contributed by atoms with E-state index in [2.05, 4.69) is 0 Å². The highest BCUT2D eigenvalue weighted by atomic mass is 19.4. The number of halogens is 3. The average Bonchev–Trinajstić information content (AvgIpc) is 2.02. The first-order valence-electron chi connectivity index (χ1n) is 4.34. The number of hydrogen-bond donors (Lipinski definition) is 0. The van der Waals surface area contributed by atoms with Gasteiger partial charge in [0.05, 0.1) is 0 Å². The highest BCUT2D eigenvalue weighted by Crippen LogP contribution is 2.30. The van der Waals surface area contributed by atoms with E-state index in [4.69, 9.17) is 0 Å². The number of anilines is 1. The number of alkyl halides is 3. The molecular weight excluding hydrogens is 191 g/mol. The molecule has 0 aromatic heterocycles. The lowest BCUT2D eigenvalue weighted by molar-refractivity contribution is -0.133. The topological polar surface area (TPSA) is 3.24 Å². The van der Waals surface area contributed by atoms with Crippen LogP contribution in [0.2, 0.25) is 0 Å². The summed E-state index contributed by atoms with van der Waals surface area (Å²) in [6.45, 7) is 3.03. The summed E-state index contributed by atoms with van der Waals surface area (Å²) in [5, 5.41) is 0. The highest BCUT2D eigenvalue weighted by Gasteiger charge is 2.38. The summed E-state index contributed by atoms with van der Waals surface area (Å²) in [6, 6.07) is 7.18. The molecule has 1 rings (SSSR count). The van der Waals surface area contributed by atoms with Crippen LogP contribution in [0.15, 0.2) is 30.3 Å². The number of nitrogens with zero attached hydrogens (tertiary/aromatic N) is 1. The standard InChI is InChI=1S/C10H12F3N/c1-8(2)14(10(11,12)13)9-6-4-3-5-7-9/h3-8H,1-2H3. The maximum absolute atomic E-state index is 12.6. The molecule has 1 aromatic rings. The molecule has 0 aliphatic carbocycles. The Balaban J connectivity index is 3.02. The van der Waals surface area contributed by atoms with Crippen LogP contribution in [-0.4, -0.2) is 12.3 Å². The maximum atomic E-state index is 12.6. The molecule has 0 heterocycles.